The van der Waals surface area contributed by atoms with Gasteiger partial charge in [0, 0.05) is 11.9 Å². The molecule has 32 heavy (non-hydrogen) atoms. The average Bonchev–Trinajstić information content (AvgIpc) is 2.95. The number of hydrogen-bond donors (Lipinski definition) is 1. The van der Waals surface area contributed by atoms with Gasteiger partial charge in [0.25, 0.3) is 0 Å². The highest BCUT2D eigenvalue weighted by Crippen LogP contribution is 2.33. The topological polar surface area (TPSA) is 78.3 Å². The summed E-state index contributed by atoms with van der Waals surface area (Å²) in [5.74, 6) is -0.647. The third kappa shape index (κ3) is 5.43. The Morgan fingerprint density at radius 1 is 1.19 bits per heavy atom. The van der Waals surface area contributed by atoms with Crippen molar-refractivity contribution in [2.45, 2.75) is 38.9 Å². The molecule has 1 aliphatic rings. The van der Waals surface area contributed by atoms with E-state index in [-0.39, 0.29) is 27.3 Å². The van der Waals surface area contributed by atoms with Crippen molar-refractivity contribution in [2.24, 2.45) is 5.10 Å². The number of anilines is 1. The number of amidine groups is 1. The molecule has 1 aromatic heterocycles. The van der Waals surface area contributed by atoms with Gasteiger partial charge in [-0.05, 0) is 51.1 Å². The standard InChI is InChI=1S/C20H19Cl2F3N4O3/c1-19(2,3)32-15(30)10-28-18(31)29(13-6-4-11(5-7-13)20(23,24)25)17(27-28)16-14(22)8-12(21)9-26-16/h4-9,18,31H,10H2,1-3H3. The van der Waals surface area contributed by atoms with Crippen molar-refractivity contribution in [3.05, 3.63) is 57.8 Å². The number of rotatable bonds is 4. The van der Waals surface area contributed by atoms with Gasteiger partial charge in [-0.3, -0.25) is 9.69 Å². The van der Waals surface area contributed by atoms with Crippen molar-refractivity contribution in [1.82, 2.24) is 9.99 Å². The Kier molecular flexibility index (Phi) is 6.60. The van der Waals surface area contributed by atoms with Gasteiger partial charge in [0.05, 0.1) is 15.6 Å². The zero-order valence-corrected chi connectivity index (χ0v) is 18.7. The van der Waals surface area contributed by atoms with Crippen molar-refractivity contribution < 1.29 is 27.8 Å². The summed E-state index contributed by atoms with van der Waals surface area (Å²) in [5, 5.41) is 16.5. The van der Waals surface area contributed by atoms with Crippen LogP contribution in [0.4, 0.5) is 18.9 Å². The van der Waals surface area contributed by atoms with E-state index in [1.807, 2.05) is 0 Å². The molecule has 172 valence electrons. The summed E-state index contributed by atoms with van der Waals surface area (Å²) in [6, 6.07) is 5.48. The summed E-state index contributed by atoms with van der Waals surface area (Å²) in [6.45, 7) is 4.63. The largest absolute Gasteiger partial charge is 0.459 e. The monoisotopic (exact) mass is 490 g/mol. The Bertz CT molecular complexity index is 1040. The minimum absolute atomic E-state index is 0.0162. The zero-order chi connectivity index (χ0) is 23.8. The van der Waals surface area contributed by atoms with Gasteiger partial charge in [-0.25, -0.2) is 9.99 Å². The van der Waals surface area contributed by atoms with Crippen LogP contribution in [0.3, 0.4) is 0 Å². The highest BCUT2D eigenvalue weighted by Gasteiger charge is 2.38. The summed E-state index contributed by atoms with van der Waals surface area (Å²) in [7, 11) is 0. The van der Waals surface area contributed by atoms with E-state index >= 15 is 0 Å². The van der Waals surface area contributed by atoms with Gasteiger partial charge in [-0.15, -0.1) is 0 Å². The van der Waals surface area contributed by atoms with Crippen molar-refractivity contribution in [1.29, 1.82) is 0 Å². The van der Waals surface area contributed by atoms with E-state index in [4.69, 9.17) is 27.9 Å². The molecule has 1 aliphatic heterocycles. The molecule has 0 bridgehead atoms. The number of aliphatic hydroxyl groups excluding tert-OH is 1. The summed E-state index contributed by atoms with van der Waals surface area (Å²) in [6.07, 6.45) is -4.76. The van der Waals surface area contributed by atoms with Crippen molar-refractivity contribution in [2.75, 3.05) is 11.4 Å². The first-order valence-electron chi connectivity index (χ1n) is 9.29. The Labute approximate surface area is 192 Å². The average molecular weight is 491 g/mol. The van der Waals surface area contributed by atoms with Gasteiger partial charge < -0.3 is 9.84 Å². The molecule has 0 fully saturated rings. The number of aromatic nitrogens is 1. The normalized spacial score (nSPS) is 16.9. The zero-order valence-electron chi connectivity index (χ0n) is 17.2. The Morgan fingerprint density at radius 3 is 2.34 bits per heavy atom. The fraction of sp³-hybridized carbons (Fsp3) is 0.350. The van der Waals surface area contributed by atoms with Crippen LogP contribution in [0.25, 0.3) is 0 Å². The van der Waals surface area contributed by atoms with E-state index in [0.29, 0.717) is 0 Å². The fourth-order valence-corrected chi connectivity index (χ4v) is 3.36. The van der Waals surface area contributed by atoms with E-state index in [0.717, 1.165) is 17.1 Å². The molecule has 0 aliphatic carbocycles. The number of halogens is 5. The lowest BCUT2D eigenvalue weighted by atomic mass is 10.2. The number of nitrogens with zero attached hydrogens (tertiary/aromatic N) is 4. The molecule has 2 heterocycles. The van der Waals surface area contributed by atoms with Crippen LogP contribution in [0.1, 0.15) is 32.0 Å². The van der Waals surface area contributed by atoms with Gasteiger partial charge in [0.15, 0.2) is 5.84 Å². The number of carbonyl (C=O) groups excluding carboxylic acids is 1. The number of esters is 1. The van der Waals surface area contributed by atoms with Gasteiger partial charge in [0.1, 0.15) is 17.8 Å². The number of benzene rings is 1. The van der Waals surface area contributed by atoms with Crippen LogP contribution in [-0.2, 0) is 15.7 Å². The maximum absolute atomic E-state index is 13.0. The van der Waals surface area contributed by atoms with Crippen LogP contribution in [0.2, 0.25) is 10.0 Å². The van der Waals surface area contributed by atoms with Gasteiger partial charge in [-0.1, -0.05) is 23.2 Å². The molecule has 0 amide bonds. The molecule has 1 N–H and O–H groups in total. The summed E-state index contributed by atoms with van der Waals surface area (Å²) >= 11 is 12.1. The minimum Gasteiger partial charge on any atom is -0.459 e. The number of ether oxygens (including phenoxy) is 1. The number of hydrogen-bond acceptors (Lipinski definition) is 7. The maximum Gasteiger partial charge on any atom is 0.416 e. The Morgan fingerprint density at radius 2 is 1.81 bits per heavy atom. The van der Waals surface area contributed by atoms with Crippen LogP contribution in [-0.4, -0.2) is 45.4 Å². The lowest BCUT2D eigenvalue weighted by Crippen LogP contribution is -2.45. The first-order valence-corrected chi connectivity index (χ1v) is 10.0. The molecule has 3 rings (SSSR count). The predicted octanol–water partition coefficient (Wildman–Crippen LogP) is 4.51. The van der Waals surface area contributed by atoms with Crippen LogP contribution in [0.15, 0.2) is 41.6 Å². The lowest BCUT2D eigenvalue weighted by Gasteiger charge is -2.28. The van der Waals surface area contributed by atoms with Crippen LogP contribution in [0.5, 0.6) is 0 Å². The molecule has 1 unspecified atom stereocenters. The molecule has 0 radical (unpaired) electrons. The molecule has 0 saturated carbocycles. The van der Waals surface area contributed by atoms with Crippen molar-refractivity contribution in [3.63, 3.8) is 0 Å². The molecule has 2 aromatic rings. The number of aliphatic hydroxyl groups is 1. The second-order valence-electron chi connectivity index (χ2n) is 7.85. The second-order valence-corrected chi connectivity index (χ2v) is 8.70. The number of alkyl halides is 3. The minimum atomic E-state index is -4.52. The van der Waals surface area contributed by atoms with E-state index in [9.17, 15) is 23.1 Å². The first-order chi connectivity index (χ1) is 14.8. The highest BCUT2D eigenvalue weighted by molar-refractivity contribution is 6.37. The summed E-state index contributed by atoms with van der Waals surface area (Å²) in [5.41, 5.74) is -1.34. The Hall–Kier alpha value is -2.56. The second kappa shape index (κ2) is 8.76. The predicted molar refractivity (Wildman–Crippen MR) is 113 cm³/mol. The molecule has 12 heteroatoms. The van der Waals surface area contributed by atoms with E-state index in [1.54, 1.807) is 20.8 Å². The SMILES string of the molecule is CC(C)(C)OC(=O)CN1N=C(c2ncc(Cl)cc2Cl)N(c2ccc(C(F)(F)F)cc2)C1O. The van der Waals surface area contributed by atoms with Gasteiger partial charge >= 0.3 is 12.1 Å². The lowest BCUT2D eigenvalue weighted by molar-refractivity contribution is -0.158. The molecule has 7 nitrogen and oxygen atoms in total. The van der Waals surface area contributed by atoms with E-state index < -0.39 is 36.2 Å². The highest BCUT2D eigenvalue weighted by atomic mass is 35.5. The van der Waals surface area contributed by atoms with Crippen LogP contribution < -0.4 is 4.90 Å². The van der Waals surface area contributed by atoms with Crippen LogP contribution >= 0.6 is 23.2 Å². The molecule has 0 spiro atoms. The van der Waals surface area contributed by atoms with Crippen molar-refractivity contribution >= 4 is 40.7 Å². The molecule has 1 atom stereocenters. The number of pyridine rings is 1. The quantitative estimate of drug-likeness (QED) is 0.635. The van der Waals surface area contributed by atoms with Gasteiger partial charge in [-0.2, -0.15) is 18.3 Å². The van der Waals surface area contributed by atoms with Crippen molar-refractivity contribution in [3.8, 4) is 0 Å². The smallest absolute Gasteiger partial charge is 0.416 e. The van der Waals surface area contributed by atoms with Gasteiger partial charge in [0.2, 0.25) is 6.35 Å². The third-order valence-electron chi connectivity index (χ3n) is 4.15. The first kappa shape index (κ1) is 24.1. The molecule has 0 saturated heterocycles. The Balaban J connectivity index is 2.00. The van der Waals surface area contributed by atoms with E-state index in [1.165, 1.54) is 29.3 Å². The van der Waals surface area contributed by atoms with Crippen LogP contribution in [0, 0.1) is 0 Å². The molecule has 1 aromatic carbocycles. The number of carbonyl (C=O) groups is 1. The van der Waals surface area contributed by atoms with E-state index in [2.05, 4.69) is 10.1 Å². The molecular formula is C20H19Cl2F3N4O3. The summed E-state index contributed by atoms with van der Waals surface area (Å²) in [4.78, 5) is 17.6. The third-order valence-corrected chi connectivity index (χ3v) is 4.65. The molecular weight excluding hydrogens is 472 g/mol. The fourth-order valence-electron chi connectivity index (χ4n) is 2.89. The summed E-state index contributed by atoms with van der Waals surface area (Å²) < 4.78 is 44.1. The maximum atomic E-state index is 13.0. The number of hydrazone groups is 1.